The second-order valence-corrected chi connectivity index (χ2v) is 6.82. The minimum Gasteiger partial charge on any atom is -0.504 e. The van der Waals surface area contributed by atoms with Crippen LogP contribution in [0.3, 0.4) is 0 Å². The van der Waals surface area contributed by atoms with E-state index < -0.39 is 10.7 Å². The molecule has 5 heteroatoms. The molecular formula is C20H33NO4. The van der Waals surface area contributed by atoms with Crippen LogP contribution in [0.25, 0.3) is 0 Å². The standard InChI is InChI=1S/C20H33NO4/c1-3-5-7-9-11-13-16-15-18(22)20(23)19(21(24)25)17(16)14-12-10-8-6-4-2/h15,22-23H,3-14H2,1-2H3. The lowest BCUT2D eigenvalue weighted by molar-refractivity contribution is -0.386. The second kappa shape index (κ2) is 11.7. The molecule has 0 spiro atoms. The number of nitrogens with zero attached hydrogens (tertiary/aromatic N) is 1. The lowest BCUT2D eigenvalue weighted by Gasteiger charge is -2.13. The van der Waals surface area contributed by atoms with Crippen molar-refractivity contribution in [3.05, 3.63) is 27.3 Å². The van der Waals surface area contributed by atoms with Crippen LogP contribution >= 0.6 is 0 Å². The molecule has 1 aromatic rings. The Bertz CT molecular complexity index is 543. The van der Waals surface area contributed by atoms with Crippen LogP contribution in [0.1, 0.15) is 89.2 Å². The van der Waals surface area contributed by atoms with E-state index >= 15 is 0 Å². The molecule has 0 amide bonds. The van der Waals surface area contributed by atoms with Gasteiger partial charge in [0.15, 0.2) is 5.75 Å². The highest BCUT2D eigenvalue weighted by molar-refractivity contribution is 5.62. The zero-order valence-electron chi connectivity index (χ0n) is 15.7. The number of phenols is 2. The molecule has 0 saturated heterocycles. The van der Waals surface area contributed by atoms with Crippen LogP contribution in [0.4, 0.5) is 5.69 Å². The van der Waals surface area contributed by atoms with Gasteiger partial charge in [0, 0.05) is 5.56 Å². The van der Waals surface area contributed by atoms with Gasteiger partial charge in [-0.05, 0) is 37.3 Å². The highest BCUT2D eigenvalue weighted by atomic mass is 16.6. The average molecular weight is 351 g/mol. The lowest BCUT2D eigenvalue weighted by atomic mass is 9.94. The van der Waals surface area contributed by atoms with E-state index in [1.54, 1.807) is 0 Å². The van der Waals surface area contributed by atoms with E-state index in [0.29, 0.717) is 18.4 Å². The molecule has 0 aliphatic rings. The summed E-state index contributed by atoms with van der Waals surface area (Å²) in [5.41, 5.74) is 1.11. The van der Waals surface area contributed by atoms with Crippen LogP contribution in [-0.2, 0) is 12.8 Å². The SMILES string of the molecule is CCCCCCCc1cc(O)c(O)c([N+](=O)[O-])c1CCCCCCC. The van der Waals surface area contributed by atoms with E-state index in [1.165, 1.54) is 25.3 Å². The number of nitro benzene ring substituents is 1. The van der Waals surface area contributed by atoms with Crippen LogP contribution < -0.4 is 0 Å². The van der Waals surface area contributed by atoms with Gasteiger partial charge in [0.2, 0.25) is 5.75 Å². The number of phenolic OH excluding ortho intramolecular Hbond substituents is 2. The normalized spacial score (nSPS) is 11.0. The fraction of sp³-hybridized carbons (Fsp3) is 0.700. The molecule has 142 valence electrons. The van der Waals surface area contributed by atoms with Gasteiger partial charge in [-0.3, -0.25) is 10.1 Å². The van der Waals surface area contributed by atoms with Crippen molar-refractivity contribution >= 4 is 5.69 Å². The smallest absolute Gasteiger partial charge is 0.318 e. The number of nitro groups is 1. The van der Waals surface area contributed by atoms with Crippen LogP contribution in [-0.4, -0.2) is 15.1 Å². The summed E-state index contributed by atoms with van der Waals surface area (Å²) in [6.45, 7) is 4.32. The molecule has 0 heterocycles. The maximum Gasteiger partial charge on any atom is 0.318 e. The Kier molecular flexibility index (Phi) is 9.97. The van der Waals surface area contributed by atoms with Crippen molar-refractivity contribution in [2.45, 2.75) is 90.9 Å². The average Bonchev–Trinajstić information content (AvgIpc) is 2.57. The summed E-state index contributed by atoms with van der Waals surface area (Å²) >= 11 is 0. The molecule has 0 aromatic heterocycles. The molecule has 1 aromatic carbocycles. The van der Waals surface area contributed by atoms with E-state index in [2.05, 4.69) is 13.8 Å². The summed E-state index contributed by atoms with van der Waals surface area (Å²) in [4.78, 5) is 10.9. The molecule has 0 aliphatic carbocycles. The van der Waals surface area contributed by atoms with Gasteiger partial charge < -0.3 is 10.2 Å². The fourth-order valence-corrected chi connectivity index (χ4v) is 3.26. The number of unbranched alkanes of at least 4 members (excludes halogenated alkanes) is 8. The molecule has 0 bridgehead atoms. The molecule has 0 radical (unpaired) electrons. The Hall–Kier alpha value is -1.78. The summed E-state index contributed by atoms with van der Waals surface area (Å²) in [7, 11) is 0. The van der Waals surface area contributed by atoms with Gasteiger partial charge in [0.25, 0.3) is 0 Å². The Balaban J connectivity index is 2.89. The minimum atomic E-state index is -0.594. The van der Waals surface area contributed by atoms with Crippen LogP contribution in [0, 0.1) is 10.1 Å². The molecule has 0 aliphatic heterocycles. The van der Waals surface area contributed by atoms with E-state index in [9.17, 15) is 20.3 Å². The number of benzene rings is 1. The van der Waals surface area contributed by atoms with Gasteiger partial charge in [-0.15, -0.1) is 0 Å². The molecule has 2 N–H and O–H groups in total. The molecule has 25 heavy (non-hydrogen) atoms. The third-order valence-electron chi connectivity index (χ3n) is 4.71. The minimum absolute atomic E-state index is 0.306. The Morgan fingerprint density at radius 2 is 1.40 bits per heavy atom. The zero-order chi connectivity index (χ0) is 18.7. The topological polar surface area (TPSA) is 83.6 Å². The summed E-state index contributed by atoms with van der Waals surface area (Å²) < 4.78 is 0. The van der Waals surface area contributed by atoms with Gasteiger partial charge >= 0.3 is 5.69 Å². The molecular weight excluding hydrogens is 318 g/mol. The first-order valence-corrected chi connectivity index (χ1v) is 9.73. The largest absolute Gasteiger partial charge is 0.504 e. The molecule has 1 rings (SSSR count). The third-order valence-corrected chi connectivity index (χ3v) is 4.71. The highest BCUT2D eigenvalue weighted by Gasteiger charge is 2.26. The quantitative estimate of drug-likeness (QED) is 0.197. The molecule has 0 saturated carbocycles. The number of hydrogen-bond donors (Lipinski definition) is 2. The molecule has 5 nitrogen and oxygen atoms in total. The molecule has 0 fully saturated rings. The van der Waals surface area contributed by atoms with Crippen LogP contribution in [0.2, 0.25) is 0 Å². The van der Waals surface area contributed by atoms with Gasteiger partial charge in [0.05, 0.1) is 4.92 Å². The second-order valence-electron chi connectivity index (χ2n) is 6.82. The van der Waals surface area contributed by atoms with Crippen molar-refractivity contribution < 1.29 is 15.1 Å². The Morgan fingerprint density at radius 1 is 0.880 bits per heavy atom. The van der Waals surface area contributed by atoms with Gasteiger partial charge in [-0.1, -0.05) is 65.2 Å². The number of aryl methyl sites for hydroxylation is 1. The predicted molar refractivity (Wildman–Crippen MR) is 101 cm³/mol. The van der Waals surface area contributed by atoms with Crippen molar-refractivity contribution in [3.8, 4) is 11.5 Å². The molecule has 0 unspecified atom stereocenters. The fourth-order valence-electron chi connectivity index (χ4n) is 3.26. The van der Waals surface area contributed by atoms with Crippen LogP contribution in [0.15, 0.2) is 6.07 Å². The molecule has 0 atom stereocenters. The predicted octanol–water partition coefficient (Wildman–Crippen LogP) is 6.03. The van der Waals surface area contributed by atoms with Crippen molar-refractivity contribution in [1.82, 2.24) is 0 Å². The number of aromatic hydroxyl groups is 2. The maximum atomic E-state index is 11.4. The summed E-state index contributed by atoms with van der Waals surface area (Å²) in [6, 6.07) is 1.52. The summed E-state index contributed by atoms with van der Waals surface area (Å²) in [6.07, 6.45) is 12.2. The van der Waals surface area contributed by atoms with Crippen molar-refractivity contribution in [2.75, 3.05) is 0 Å². The van der Waals surface area contributed by atoms with Gasteiger partial charge in [-0.25, -0.2) is 0 Å². The number of hydrogen-bond acceptors (Lipinski definition) is 4. The zero-order valence-corrected chi connectivity index (χ0v) is 15.7. The van der Waals surface area contributed by atoms with Crippen molar-refractivity contribution in [3.63, 3.8) is 0 Å². The Morgan fingerprint density at radius 3 is 1.92 bits per heavy atom. The third kappa shape index (κ3) is 6.92. The van der Waals surface area contributed by atoms with Gasteiger partial charge in [0.1, 0.15) is 0 Å². The Labute approximate surface area is 151 Å². The van der Waals surface area contributed by atoms with Crippen molar-refractivity contribution in [1.29, 1.82) is 0 Å². The van der Waals surface area contributed by atoms with Crippen molar-refractivity contribution in [2.24, 2.45) is 0 Å². The lowest BCUT2D eigenvalue weighted by Crippen LogP contribution is -2.02. The maximum absolute atomic E-state index is 11.4. The first-order chi connectivity index (χ1) is 12.0. The van der Waals surface area contributed by atoms with E-state index in [0.717, 1.165) is 50.5 Å². The highest BCUT2D eigenvalue weighted by Crippen LogP contribution is 2.41. The number of rotatable bonds is 13. The van der Waals surface area contributed by atoms with Crippen LogP contribution in [0.5, 0.6) is 11.5 Å². The first-order valence-electron chi connectivity index (χ1n) is 9.73. The van der Waals surface area contributed by atoms with E-state index in [-0.39, 0.29) is 11.4 Å². The summed E-state index contributed by atoms with van der Waals surface area (Å²) in [5, 5.41) is 31.3. The summed E-state index contributed by atoms with van der Waals surface area (Å²) in [5.74, 6) is -0.978. The monoisotopic (exact) mass is 351 g/mol. The first kappa shape index (κ1) is 21.3. The van der Waals surface area contributed by atoms with E-state index in [1.807, 2.05) is 0 Å². The van der Waals surface area contributed by atoms with Gasteiger partial charge in [-0.2, -0.15) is 0 Å². The van der Waals surface area contributed by atoms with E-state index in [4.69, 9.17) is 0 Å².